The maximum absolute atomic E-state index is 12.4. The number of benzene rings is 1. The highest BCUT2D eigenvalue weighted by Crippen LogP contribution is 2.24. The van der Waals surface area contributed by atoms with Gasteiger partial charge in [-0.3, -0.25) is 4.79 Å². The normalized spacial score (nSPS) is 19.6. The molecule has 1 aromatic carbocycles. The standard InChI is InChI=1S/C17H19N3O5/c1-11-3-4-14(24-2)13(9-11)20-7-5-12(19-20)15(21)18-17(16(22)23)6-8-25-10-17/h3-5,7,9H,6,8,10H2,1-2H3,(H,18,21)(H,22,23). The maximum atomic E-state index is 12.4. The average Bonchev–Trinajstić information content (AvgIpc) is 3.25. The second-order valence-electron chi connectivity index (χ2n) is 5.96. The van der Waals surface area contributed by atoms with Crippen molar-refractivity contribution in [3.8, 4) is 11.4 Å². The number of aliphatic carboxylic acids is 1. The lowest BCUT2D eigenvalue weighted by atomic mass is 9.99. The van der Waals surface area contributed by atoms with Gasteiger partial charge in [-0.05, 0) is 30.7 Å². The molecule has 2 aromatic rings. The van der Waals surface area contributed by atoms with Crippen molar-refractivity contribution in [2.24, 2.45) is 0 Å². The lowest BCUT2D eigenvalue weighted by Crippen LogP contribution is -2.55. The van der Waals surface area contributed by atoms with Crippen LogP contribution in [0.25, 0.3) is 5.69 Å². The Kier molecular flexibility index (Phi) is 4.45. The van der Waals surface area contributed by atoms with Gasteiger partial charge in [0.2, 0.25) is 0 Å². The number of hydrogen-bond acceptors (Lipinski definition) is 5. The van der Waals surface area contributed by atoms with Crippen LogP contribution in [-0.2, 0) is 9.53 Å². The van der Waals surface area contributed by atoms with Crippen LogP contribution in [-0.4, -0.2) is 52.6 Å². The molecule has 8 heteroatoms. The topological polar surface area (TPSA) is 103 Å². The van der Waals surface area contributed by atoms with Crippen molar-refractivity contribution in [2.75, 3.05) is 20.3 Å². The molecule has 25 heavy (non-hydrogen) atoms. The number of nitrogens with zero attached hydrogens (tertiary/aromatic N) is 2. The minimum absolute atomic E-state index is 0.0551. The van der Waals surface area contributed by atoms with Crippen molar-refractivity contribution < 1.29 is 24.2 Å². The SMILES string of the molecule is COc1ccc(C)cc1-n1ccc(C(=O)NC2(C(=O)O)CCOC2)n1. The molecule has 8 nitrogen and oxygen atoms in total. The number of aryl methyl sites for hydroxylation is 1. The van der Waals surface area contributed by atoms with E-state index in [2.05, 4.69) is 10.4 Å². The van der Waals surface area contributed by atoms with Gasteiger partial charge in [-0.1, -0.05) is 6.07 Å². The Morgan fingerprint density at radius 2 is 2.20 bits per heavy atom. The molecule has 0 spiro atoms. The fourth-order valence-corrected chi connectivity index (χ4v) is 2.73. The van der Waals surface area contributed by atoms with Gasteiger partial charge in [-0.25, -0.2) is 9.48 Å². The molecule has 0 aliphatic carbocycles. The first-order valence-electron chi connectivity index (χ1n) is 7.79. The van der Waals surface area contributed by atoms with Crippen LogP contribution in [0.3, 0.4) is 0 Å². The van der Waals surface area contributed by atoms with Gasteiger partial charge >= 0.3 is 5.97 Å². The van der Waals surface area contributed by atoms with Gasteiger partial charge in [-0.2, -0.15) is 5.10 Å². The minimum Gasteiger partial charge on any atom is -0.494 e. The Morgan fingerprint density at radius 1 is 1.40 bits per heavy atom. The van der Waals surface area contributed by atoms with Crippen molar-refractivity contribution >= 4 is 11.9 Å². The highest BCUT2D eigenvalue weighted by atomic mass is 16.5. The number of ether oxygens (including phenoxy) is 2. The summed E-state index contributed by atoms with van der Waals surface area (Å²) in [6.45, 7) is 2.18. The third-order valence-corrected chi connectivity index (χ3v) is 4.19. The Bertz CT molecular complexity index is 808. The second-order valence-corrected chi connectivity index (χ2v) is 5.96. The molecular formula is C17H19N3O5. The highest BCUT2D eigenvalue weighted by Gasteiger charge is 2.44. The molecule has 2 heterocycles. The summed E-state index contributed by atoms with van der Waals surface area (Å²) in [5, 5.41) is 16.2. The molecule has 1 atom stereocenters. The molecule has 132 valence electrons. The number of carboxylic acid groups (broad SMARTS) is 1. The summed E-state index contributed by atoms with van der Waals surface area (Å²) in [6.07, 6.45) is 1.85. The zero-order valence-corrected chi connectivity index (χ0v) is 14.0. The fourth-order valence-electron chi connectivity index (χ4n) is 2.73. The first-order chi connectivity index (χ1) is 11.9. The number of methoxy groups -OCH3 is 1. The molecule has 0 radical (unpaired) electrons. The lowest BCUT2D eigenvalue weighted by molar-refractivity contribution is -0.144. The van der Waals surface area contributed by atoms with E-state index in [0.29, 0.717) is 18.0 Å². The molecule has 1 amide bonds. The maximum Gasteiger partial charge on any atom is 0.331 e. The van der Waals surface area contributed by atoms with E-state index in [1.54, 1.807) is 13.3 Å². The van der Waals surface area contributed by atoms with E-state index in [0.717, 1.165) is 5.56 Å². The Labute approximate surface area is 144 Å². The molecule has 0 bridgehead atoms. The van der Waals surface area contributed by atoms with Gasteiger partial charge in [0, 0.05) is 19.2 Å². The van der Waals surface area contributed by atoms with Crippen LogP contribution in [0.1, 0.15) is 22.5 Å². The summed E-state index contributed by atoms with van der Waals surface area (Å²) in [5.74, 6) is -1.05. The van der Waals surface area contributed by atoms with Crippen LogP contribution in [0, 0.1) is 6.92 Å². The predicted molar refractivity (Wildman–Crippen MR) is 88.1 cm³/mol. The summed E-state index contributed by atoms with van der Waals surface area (Å²) in [5.41, 5.74) is 0.432. The summed E-state index contributed by atoms with van der Waals surface area (Å²) in [6, 6.07) is 7.15. The van der Waals surface area contributed by atoms with Gasteiger partial charge in [0.05, 0.1) is 13.7 Å². The van der Waals surface area contributed by atoms with Crippen molar-refractivity contribution in [3.63, 3.8) is 0 Å². The van der Waals surface area contributed by atoms with Gasteiger partial charge in [-0.15, -0.1) is 0 Å². The molecule has 1 fully saturated rings. The molecular weight excluding hydrogens is 326 g/mol. The van der Waals surface area contributed by atoms with Crippen molar-refractivity contribution in [1.82, 2.24) is 15.1 Å². The zero-order valence-electron chi connectivity index (χ0n) is 14.0. The van der Waals surface area contributed by atoms with Crippen LogP contribution < -0.4 is 10.1 Å². The number of amides is 1. The molecule has 3 rings (SSSR count). The van der Waals surface area contributed by atoms with Gasteiger partial charge in [0.25, 0.3) is 5.91 Å². The van der Waals surface area contributed by atoms with Crippen molar-refractivity contribution in [1.29, 1.82) is 0 Å². The summed E-state index contributed by atoms with van der Waals surface area (Å²) >= 11 is 0. The van der Waals surface area contributed by atoms with E-state index in [1.807, 2.05) is 25.1 Å². The number of carbonyl (C=O) groups excluding carboxylic acids is 1. The van der Waals surface area contributed by atoms with Crippen LogP contribution in [0.15, 0.2) is 30.5 Å². The smallest absolute Gasteiger partial charge is 0.331 e. The number of carbonyl (C=O) groups is 2. The van der Waals surface area contributed by atoms with Crippen LogP contribution >= 0.6 is 0 Å². The number of nitrogens with one attached hydrogen (secondary N) is 1. The van der Waals surface area contributed by atoms with E-state index >= 15 is 0 Å². The Morgan fingerprint density at radius 3 is 2.84 bits per heavy atom. The monoisotopic (exact) mass is 345 g/mol. The summed E-state index contributed by atoms with van der Waals surface area (Å²) in [4.78, 5) is 23.9. The number of hydrogen-bond donors (Lipinski definition) is 2. The number of carboxylic acids is 1. The average molecular weight is 345 g/mol. The van der Waals surface area contributed by atoms with Gasteiger partial charge in [0.15, 0.2) is 11.2 Å². The van der Waals surface area contributed by atoms with Gasteiger partial charge in [0.1, 0.15) is 11.4 Å². The molecule has 1 unspecified atom stereocenters. The number of aromatic nitrogens is 2. The molecule has 0 saturated carbocycles. The van der Waals surface area contributed by atoms with Crippen LogP contribution in [0.2, 0.25) is 0 Å². The van der Waals surface area contributed by atoms with E-state index in [-0.39, 0.29) is 18.7 Å². The quantitative estimate of drug-likeness (QED) is 0.843. The van der Waals surface area contributed by atoms with E-state index < -0.39 is 17.4 Å². The molecule has 1 saturated heterocycles. The summed E-state index contributed by atoms with van der Waals surface area (Å²) < 4.78 is 12.0. The van der Waals surface area contributed by atoms with Crippen LogP contribution in [0.4, 0.5) is 0 Å². The van der Waals surface area contributed by atoms with Crippen molar-refractivity contribution in [2.45, 2.75) is 18.9 Å². The summed E-state index contributed by atoms with van der Waals surface area (Å²) in [7, 11) is 1.56. The second kappa shape index (κ2) is 6.56. The zero-order chi connectivity index (χ0) is 18.0. The Balaban J connectivity index is 1.85. The van der Waals surface area contributed by atoms with Crippen LogP contribution in [0.5, 0.6) is 5.75 Å². The largest absolute Gasteiger partial charge is 0.494 e. The molecule has 1 aliphatic rings. The van der Waals surface area contributed by atoms with Crippen molar-refractivity contribution in [3.05, 3.63) is 41.7 Å². The van der Waals surface area contributed by atoms with E-state index in [9.17, 15) is 14.7 Å². The fraction of sp³-hybridized carbons (Fsp3) is 0.353. The minimum atomic E-state index is -1.40. The van der Waals surface area contributed by atoms with Gasteiger partial charge < -0.3 is 19.9 Å². The first kappa shape index (κ1) is 17.0. The highest BCUT2D eigenvalue weighted by molar-refractivity contribution is 5.96. The Hall–Kier alpha value is -2.87. The third-order valence-electron chi connectivity index (χ3n) is 4.19. The molecule has 1 aliphatic heterocycles. The molecule has 1 aromatic heterocycles. The van der Waals surface area contributed by atoms with E-state index in [1.165, 1.54) is 10.7 Å². The number of rotatable bonds is 5. The third kappa shape index (κ3) is 3.20. The lowest BCUT2D eigenvalue weighted by Gasteiger charge is -2.22. The van der Waals surface area contributed by atoms with E-state index in [4.69, 9.17) is 9.47 Å². The first-order valence-corrected chi connectivity index (χ1v) is 7.79. The molecule has 2 N–H and O–H groups in total. The predicted octanol–water partition coefficient (Wildman–Crippen LogP) is 1.16.